The molecule has 0 bridgehead atoms. The molecule has 0 saturated carbocycles. The van der Waals surface area contributed by atoms with E-state index in [1.165, 1.54) is 11.3 Å². The maximum atomic E-state index is 11.7. The standard InChI is InChI=1S/C14H20N2O3S2/c1-5-12(10(3)4)16-14(17)15-9-11-7-8-13(20-11)21(18,19)6-2/h1,7-8,10,12H,6,9H2,2-4H3,(H2,15,16,17)/t12-/m0/s1. The summed E-state index contributed by atoms with van der Waals surface area (Å²) in [5, 5.41) is 5.36. The van der Waals surface area contributed by atoms with Crippen LogP contribution in [0.2, 0.25) is 0 Å². The van der Waals surface area contributed by atoms with Gasteiger partial charge < -0.3 is 10.6 Å². The number of rotatable bonds is 6. The first-order valence-electron chi connectivity index (χ1n) is 6.62. The fourth-order valence-corrected chi connectivity index (χ4v) is 3.94. The summed E-state index contributed by atoms with van der Waals surface area (Å²) in [5.41, 5.74) is 0. The zero-order valence-electron chi connectivity index (χ0n) is 12.3. The lowest BCUT2D eigenvalue weighted by Gasteiger charge is -2.16. The van der Waals surface area contributed by atoms with Crippen LogP contribution in [0.15, 0.2) is 16.3 Å². The molecular weight excluding hydrogens is 308 g/mol. The van der Waals surface area contributed by atoms with Crippen LogP contribution in [0.1, 0.15) is 25.6 Å². The Morgan fingerprint density at radius 1 is 1.43 bits per heavy atom. The van der Waals surface area contributed by atoms with Crippen molar-refractivity contribution in [2.24, 2.45) is 5.92 Å². The summed E-state index contributed by atoms with van der Waals surface area (Å²) in [7, 11) is -3.19. The first kappa shape index (κ1) is 17.5. The van der Waals surface area contributed by atoms with E-state index in [2.05, 4.69) is 16.6 Å². The number of amides is 2. The Kier molecular flexibility index (Phi) is 6.24. The molecule has 0 spiro atoms. The van der Waals surface area contributed by atoms with Gasteiger partial charge in [0.1, 0.15) is 4.21 Å². The minimum absolute atomic E-state index is 0.0686. The second kappa shape index (κ2) is 7.48. The molecule has 0 aliphatic carbocycles. The van der Waals surface area contributed by atoms with E-state index in [9.17, 15) is 13.2 Å². The Morgan fingerprint density at radius 2 is 2.10 bits per heavy atom. The highest BCUT2D eigenvalue weighted by Crippen LogP contribution is 2.22. The monoisotopic (exact) mass is 328 g/mol. The van der Waals surface area contributed by atoms with Crippen LogP contribution >= 0.6 is 11.3 Å². The van der Waals surface area contributed by atoms with Crippen molar-refractivity contribution in [3.8, 4) is 12.3 Å². The summed E-state index contributed by atoms with van der Waals surface area (Å²) in [6, 6.07) is 2.58. The van der Waals surface area contributed by atoms with Crippen molar-refractivity contribution in [1.29, 1.82) is 0 Å². The fraction of sp³-hybridized carbons (Fsp3) is 0.500. The highest BCUT2D eigenvalue weighted by Gasteiger charge is 2.16. The van der Waals surface area contributed by atoms with Crippen molar-refractivity contribution in [2.45, 2.75) is 37.6 Å². The minimum Gasteiger partial charge on any atom is -0.333 e. The molecule has 1 aromatic heterocycles. The molecule has 0 radical (unpaired) electrons. The second-order valence-electron chi connectivity index (χ2n) is 4.84. The number of sulfone groups is 1. The predicted octanol–water partition coefficient (Wildman–Crippen LogP) is 2.00. The molecule has 21 heavy (non-hydrogen) atoms. The molecule has 0 unspecified atom stereocenters. The Labute approximate surface area is 130 Å². The Morgan fingerprint density at radius 3 is 2.62 bits per heavy atom. The van der Waals surface area contributed by atoms with Gasteiger partial charge in [0.05, 0.1) is 18.3 Å². The highest BCUT2D eigenvalue weighted by atomic mass is 32.2. The predicted molar refractivity (Wildman–Crippen MR) is 84.9 cm³/mol. The number of thiophene rings is 1. The lowest BCUT2D eigenvalue weighted by molar-refractivity contribution is 0.236. The molecule has 2 N–H and O–H groups in total. The van der Waals surface area contributed by atoms with Crippen LogP contribution in [0.4, 0.5) is 4.79 Å². The van der Waals surface area contributed by atoms with Crippen molar-refractivity contribution in [2.75, 3.05) is 5.75 Å². The largest absolute Gasteiger partial charge is 0.333 e. The van der Waals surface area contributed by atoms with Crippen molar-refractivity contribution in [3.05, 3.63) is 17.0 Å². The lowest BCUT2D eigenvalue weighted by Crippen LogP contribution is -2.43. The number of urea groups is 1. The van der Waals surface area contributed by atoms with E-state index in [1.807, 2.05) is 13.8 Å². The SMILES string of the molecule is C#C[C@H](NC(=O)NCc1ccc(S(=O)(=O)CC)s1)C(C)C. The molecule has 0 aliphatic rings. The van der Waals surface area contributed by atoms with Crippen molar-refractivity contribution in [1.82, 2.24) is 10.6 Å². The van der Waals surface area contributed by atoms with Crippen LogP contribution in [-0.2, 0) is 16.4 Å². The molecular formula is C14H20N2O3S2. The van der Waals surface area contributed by atoms with Crippen LogP contribution in [0.25, 0.3) is 0 Å². The molecule has 116 valence electrons. The van der Waals surface area contributed by atoms with Crippen LogP contribution in [-0.4, -0.2) is 26.2 Å². The molecule has 0 aliphatic heterocycles. The Hall–Kier alpha value is -1.52. The third-order valence-electron chi connectivity index (χ3n) is 2.88. The number of nitrogens with one attached hydrogen (secondary N) is 2. The average Bonchev–Trinajstić information content (AvgIpc) is 2.91. The number of carbonyl (C=O) groups is 1. The topological polar surface area (TPSA) is 75.3 Å². The van der Waals surface area contributed by atoms with E-state index in [1.54, 1.807) is 19.1 Å². The van der Waals surface area contributed by atoms with E-state index in [0.717, 1.165) is 4.88 Å². The number of hydrogen-bond acceptors (Lipinski definition) is 4. The van der Waals surface area contributed by atoms with Crippen molar-refractivity contribution < 1.29 is 13.2 Å². The molecule has 1 heterocycles. The Bertz CT molecular complexity index is 627. The molecule has 2 amide bonds. The van der Waals surface area contributed by atoms with Crippen molar-refractivity contribution >= 4 is 27.2 Å². The van der Waals surface area contributed by atoms with Gasteiger partial charge in [-0.2, -0.15) is 0 Å². The molecule has 0 fully saturated rings. The van der Waals surface area contributed by atoms with Gasteiger partial charge in [-0.1, -0.05) is 26.7 Å². The maximum absolute atomic E-state index is 11.7. The number of carbonyl (C=O) groups excluding carboxylic acids is 1. The molecule has 0 aromatic carbocycles. The quantitative estimate of drug-likeness (QED) is 0.784. The lowest BCUT2D eigenvalue weighted by atomic mass is 10.1. The van der Waals surface area contributed by atoms with E-state index >= 15 is 0 Å². The number of hydrogen-bond donors (Lipinski definition) is 2. The second-order valence-corrected chi connectivity index (χ2v) is 8.51. The van der Waals surface area contributed by atoms with E-state index in [4.69, 9.17) is 6.42 Å². The van der Waals surface area contributed by atoms with Gasteiger partial charge in [0.25, 0.3) is 0 Å². The molecule has 0 saturated heterocycles. The third-order valence-corrected chi connectivity index (χ3v) is 6.28. The Balaban J connectivity index is 2.57. The van der Waals surface area contributed by atoms with Crippen LogP contribution in [0.3, 0.4) is 0 Å². The fourth-order valence-electron chi connectivity index (χ4n) is 1.52. The molecule has 5 nitrogen and oxygen atoms in total. The summed E-state index contributed by atoms with van der Waals surface area (Å²) in [6.45, 7) is 5.72. The molecule has 1 aromatic rings. The summed E-state index contributed by atoms with van der Waals surface area (Å²) in [6.07, 6.45) is 5.34. The summed E-state index contributed by atoms with van der Waals surface area (Å²) < 4.78 is 23.7. The van der Waals surface area contributed by atoms with Gasteiger partial charge in [-0.3, -0.25) is 0 Å². The normalized spacial score (nSPS) is 12.7. The zero-order chi connectivity index (χ0) is 16.0. The van der Waals surface area contributed by atoms with Gasteiger partial charge in [0.15, 0.2) is 9.84 Å². The molecule has 1 rings (SSSR count). The summed E-state index contributed by atoms with van der Waals surface area (Å²) in [5.74, 6) is 2.72. The van der Waals surface area contributed by atoms with E-state index in [-0.39, 0.29) is 30.3 Å². The van der Waals surface area contributed by atoms with E-state index < -0.39 is 9.84 Å². The third kappa shape index (κ3) is 5.06. The van der Waals surface area contributed by atoms with Gasteiger partial charge in [-0.15, -0.1) is 17.8 Å². The molecule has 7 heteroatoms. The van der Waals surface area contributed by atoms with Gasteiger partial charge in [0.2, 0.25) is 0 Å². The van der Waals surface area contributed by atoms with E-state index in [0.29, 0.717) is 4.21 Å². The summed E-state index contributed by atoms with van der Waals surface area (Å²) >= 11 is 1.17. The first-order chi connectivity index (χ1) is 9.80. The van der Waals surface area contributed by atoms with Crippen LogP contribution in [0.5, 0.6) is 0 Å². The van der Waals surface area contributed by atoms with Crippen LogP contribution < -0.4 is 10.6 Å². The van der Waals surface area contributed by atoms with Gasteiger partial charge in [-0.05, 0) is 18.1 Å². The highest BCUT2D eigenvalue weighted by molar-refractivity contribution is 7.93. The van der Waals surface area contributed by atoms with Gasteiger partial charge >= 0.3 is 6.03 Å². The molecule has 1 atom stereocenters. The minimum atomic E-state index is -3.19. The van der Waals surface area contributed by atoms with Gasteiger partial charge in [0, 0.05) is 4.88 Å². The maximum Gasteiger partial charge on any atom is 0.316 e. The smallest absolute Gasteiger partial charge is 0.316 e. The average molecular weight is 328 g/mol. The van der Waals surface area contributed by atoms with Crippen LogP contribution in [0, 0.1) is 18.3 Å². The van der Waals surface area contributed by atoms with Gasteiger partial charge in [-0.25, -0.2) is 13.2 Å². The van der Waals surface area contributed by atoms with Crippen molar-refractivity contribution in [3.63, 3.8) is 0 Å². The number of terminal acetylenes is 1. The summed E-state index contributed by atoms with van der Waals surface area (Å²) in [4.78, 5) is 12.5. The first-order valence-corrected chi connectivity index (χ1v) is 9.09. The zero-order valence-corrected chi connectivity index (χ0v) is 14.0.